The van der Waals surface area contributed by atoms with E-state index in [4.69, 9.17) is 0 Å². The summed E-state index contributed by atoms with van der Waals surface area (Å²) in [6.45, 7) is 6.60. The van der Waals surface area contributed by atoms with Gasteiger partial charge in [-0.3, -0.25) is 4.98 Å². The second-order valence-corrected chi connectivity index (χ2v) is 4.86. The summed E-state index contributed by atoms with van der Waals surface area (Å²) in [7, 11) is 0. The van der Waals surface area contributed by atoms with Crippen molar-refractivity contribution in [2.75, 3.05) is 13.1 Å². The van der Waals surface area contributed by atoms with E-state index < -0.39 is 0 Å². The molecule has 0 saturated carbocycles. The van der Waals surface area contributed by atoms with Crippen molar-refractivity contribution in [1.82, 2.24) is 10.3 Å². The van der Waals surface area contributed by atoms with E-state index in [2.05, 4.69) is 48.4 Å². The number of pyridine rings is 1. The van der Waals surface area contributed by atoms with Gasteiger partial charge in [-0.2, -0.15) is 0 Å². The summed E-state index contributed by atoms with van der Waals surface area (Å²) in [5.41, 5.74) is 1.40. The highest BCUT2D eigenvalue weighted by Crippen LogP contribution is 2.17. The van der Waals surface area contributed by atoms with Gasteiger partial charge in [0.15, 0.2) is 0 Å². The average Bonchev–Trinajstić information content (AvgIpc) is 2.34. The Kier molecular flexibility index (Phi) is 4.10. The van der Waals surface area contributed by atoms with Gasteiger partial charge in [0.1, 0.15) is 0 Å². The molecule has 2 aromatic rings. The summed E-state index contributed by atoms with van der Waals surface area (Å²) in [5, 5.41) is 6.04. The van der Waals surface area contributed by atoms with Crippen LogP contribution in [0.3, 0.4) is 0 Å². The molecule has 0 atom stereocenters. The van der Waals surface area contributed by atoms with Crippen LogP contribution in [0.5, 0.6) is 0 Å². The van der Waals surface area contributed by atoms with Gasteiger partial charge in [-0.1, -0.05) is 32.0 Å². The zero-order valence-corrected chi connectivity index (χ0v) is 10.6. The highest BCUT2D eigenvalue weighted by atomic mass is 14.8. The molecule has 0 spiro atoms. The predicted molar refractivity (Wildman–Crippen MR) is 73.2 cm³/mol. The minimum absolute atomic E-state index is 0.715. The van der Waals surface area contributed by atoms with Gasteiger partial charge in [-0.15, -0.1) is 0 Å². The van der Waals surface area contributed by atoms with Crippen LogP contribution in [-0.2, 0) is 6.42 Å². The maximum Gasteiger partial charge on any atom is 0.0346 e. The number of rotatable bonds is 5. The molecule has 0 bridgehead atoms. The van der Waals surface area contributed by atoms with Gasteiger partial charge in [0.2, 0.25) is 0 Å². The Morgan fingerprint density at radius 1 is 1.24 bits per heavy atom. The molecule has 1 heterocycles. The number of benzene rings is 1. The maximum atomic E-state index is 4.16. The quantitative estimate of drug-likeness (QED) is 0.796. The molecule has 0 aliphatic carbocycles. The van der Waals surface area contributed by atoms with Crippen molar-refractivity contribution in [1.29, 1.82) is 0 Å². The standard InChI is InChI=1S/C15H20N2/c1-12(2)10-16-8-6-13-4-3-5-14-11-17-9-7-15(13)14/h3-5,7,9,11-12,16H,6,8,10H2,1-2H3. The SMILES string of the molecule is CC(C)CNCCc1cccc2cnccc12. The molecule has 0 amide bonds. The Bertz CT molecular complexity index is 472. The average molecular weight is 228 g/mol. The van der Waals surface area contributed by atoms with Crippen LogP contribution in [0, 0.1) is 5.92 Å². The molecule has 0 saturated heterocycles. The molecule has 0 fully saturated rings. The lowest BCUT2D eigenvalue weighted by Crippen LogP contribution is -2.22. The third-order valence-corrected chi connectivity index (χ3v) is 2.89. The van der Waals surface area contributed by atoms with E-state index in [0.29, 0.717) is 5.92 Å². The first-order valence-corrected chi connectivity index (χ1v) is 6.29. The van der Waals surface area contributed by atoms with Crippen molar-refractivity contribution in [3.63, 3.8) is 0 Å². The molecule has 0 radical (unpaired) electrons. The van der Waals surface area contributed by atoms with E-state index in [9.17, 15) is 0 Å². The summed E-state index contributed by atoms with van der Waals surface area (Å²) in [5.74, 6) is 0.715. The molecule has 2 nitrogen and oxygen atoms in total. The smallest absolute Gasteiger partial charge is 0.0346 e. The van der Waals surface area contributed by atoms with Gasteiger partial charge in [-0.05, 0) is 42.4 Å². The van der Waals surface area contributed by atoms with Gasteiger partial charge in [0.05, 0.1) is 0 Å². The third-order valence-electron chi connectivity index (χ3n) is 2.89. The summed E-state index contributed by atoms with van der Waals surface area (Å²) in [4.78, 5) is 4.16. The monoisotopic (exact) mass is 228 g/mol. The topological polar surface area (TPSA) is 24.9 Å². The maximum absolute atomic E-state index is 4.16. The Balaban J connectivity index is 2.03. The molecule has 0 aliphatic rings. The number of nitrogens with zero attached hydrogens (tertiary/aromatic N) is 1. The lowest BCUT2D eigenvalue weighted by Gasteiger charge is -2.09. The molecule has 0 unspecified atom stereocenters. The minimum atomic E-state index is 0.715. The molecule has 1 N–H and O–H groups in total. The fraction of sp³-hybridized carbons (Fsp3) is 0.400. The lowest BCUT2D eigenvalue weighted by molar-refractivity contribution is 0.555. The van der Waals surface area contributed by atoms with E-state index in [1.54, 1.807) is 0 Å². The predicted octanol–water partition coefficient (Wildman–Crippen LogP) is 3.02. The van der Waals surface area contributed by atoms with Crippen LogP contribution in [0.15, 0.2) is 36.7 Å². The van der Waals surface area contributed by atoms with Gasteiger partial charge in [0, 0.05) is 17.8 Å². The second kappa shape index (κ2) is 5.78. The van der Waals surface area contributed by atoms with Gasteiger partial charge >= 0.3 is 0 Å². The first-order chi connectivity index (χ1) is 8.27. The van der Waals surface area contributed by atoms with E-state index >= 15 is 0 Å². The van der Waals surface area contributed by atoms with E-state index in [1.165, 1.54) is 16.3 Å². The van der Waals surface area contributed by atoms with Crippen LogP contribution in [-0.4, -0.2) is 18.1 Å². The normalized spacial score (nSPS) is 11.2. The van der Waals surface area contributed by atoms with Crippen LogP contribution in [0.1, 0.15) is 19.4 Å². The first kappa shape index (κ1) is 12.1. The van der Waals surface area contributed by atoms with E-state index in [0.717, 1.165) is 19.5 Å². The minimum Gasteiger partial charge on any atom is -0.316 e. The molecule has 90 valence electrons. The van der Waals surface area contributed by atoms with Crippen molar-refractivity contribution in [2.24, 2.45) is 5.92 Å². The van der Waals surface area contributed by atoms with Crippen molar-refractivity contribution in [3.05, 3.63) is 42.2 Å². The fourth-order valence-corrected chi connectivity index (χ4v) is 2.02. The third kappa shape index (κ3) is 3.27. The van der Waals surface area contributed by atoms with Crippen LogP contribution in [0.4, 0.5) is 0 Å². The molecule has 2 rings (SSSR count). The summed E-state index contributed by atoms with van der Waals surface area (Å²) >= 11 is 0. The van der Waals surface area contributed by atoms with Crippen molar-refractivity contribution < 1.29 is 0 Å². The second-order valence-electron chi connectivity index (χ2n) is 4.86. The summed E-state index contributed by atoms with van der Waals surface area (Å²) in [6, 6.07) is 8.54. The Labute approximate surface area is 103 Å². The molecular formula is C15H20N2. The molecular weight excluding hydrogens is 208 g/mol. The number of hydrogen-bond donors (Lipinski definition) is 1. The number of aromatic nitrogens is 1. The van der Waals surface area contributed by atoms with Crippen molar-refractivity contribution in [3.8, 4) is 0 Å². The highest BCUT2D eigenvalue weighted by Gasteiger charge is 2.00. The van der Waals surface area contributed by atoms with Gasteiger partial charge in [0.25, 0.3) is 0 Å². The lowest BCUT2D eigenvalue weighted by atomic mass is 10.0. The molecule has 1 aromatic heterocycles. The fourth-order valence-electron chi connectivity index (χ4n) is 2.02. The van der Waals surface area contributed by atoms with Crippen LogP contribution < -0.4 is 5.32 Å². The number of fused-ring (bicyclic) bond motifs is 1. The zero-order valence-electron chi connectivity index (χ0n) is 10.6. The molecule has 1 aromatic carbocycles. The Morgan fingerprint density at radius 2 is 2.12 bits per heavy atom. The zero-order chi connectivity index (χ0) is 12.1. The summed E-state index contributed by atoms with van der Waals surface area (Å²) < 4.78 is 0. The Hall–Kier alpha value is -1.41. The number of hydrogen-bond acceptors (Lipinski definition) is 2. The van der Waals surface area contributed by atoms with E-state index in [1.807, 2.05) is 12.4 Å². The van der Waals surface area contributed by atoms with Crippen LogP contribution in [0.25, 0.3) is 10.8 Å². The Morgan fingerprint density at radius 3 is 2.94 bits per heavy atom. The first-order valence-electron chi connectivity index (χ1n) is 6.29. The van der Waals surface area contributed by atoms with Crippen molar-refractivity contribution in [2.45, 2.75) is 20.3 Å². The molecule has 2 heteroatoms. The number of nitrogens with one attached hydrogen (secondary N) is 1. The van der Waals surface area contributed by atoms with Crippen molar-refractivity contribution >= 4 is 10.8 Å². The largest absolute Gasteiger partial charge is 0.316 e. The van der Waals surface area contributed by atoms with Gasteiger partial charge in [-0.25, -0.2) is 0 Å². The summed E-state index contributed by atoms with van der Waals surface area (Å²) in [6.07, 6.45) is 4.88. The van der Waals surface area contributed by atoms with Crippen LogP contribution >= 0.6 is 0 Å². The van der Waals surface area contributed by atoms with Gasteiger partial charge < -0.3 is 5.32 Å². The van der Waals surface area contributed by atoms with Crippen LogP contribution in [0.2, 0.25) is 0 Å². The highest BCUT2D eigenvalue weighted by molar-refractivity contribution is 5.84. The molecule has 0 aliphatic heterocycles. The molecule has 17 heavy (non-hydrogen) atoms. The van der Waals surface area contributed by atoms with E-state index in [-0.39, 0.29) is 0 Å².